The first kappa shape index (κ1) is 15.7. The summed E-state index contributed by atoms with van der Waals surface area (Å²) < 4.78 is 0. The van der Waals surface area contributed by atoms with Crippen LogP contribution in [-0.4, -0.2) is 0 Å². The van der Waals surface area contributed by atoms with Gasteiger partial charge >= 0.3 is 0 Å². The van der Waals surface area contributed by atoms with Gasteiger partial charge in [0.2, 0.25) is 0 Å². The molecule has 0 nitrogen and oxygen atoms in total. The fraction of sp³-hybridized carbons (Fsp3) is 0.833. The molecule has 0 aromatic carbocycles. The maximum Gasteiger partial charge on any atom is 0 e. The van der Waals surface area contributed by atoms with Crippen molar-refractivity contribution in [3.8, 4) is 0 Å². The van der Waals surface area contributed by atoms with Crippen molar-refractivity contribution in [2.75, 3.05) is 0 Å². The van der Waals surface area contributed by atoms with Crippen LogP contribution in [0.2, 0.25) is 0 Å². The van der Waals surface area contributed by atoms with Crippen molar-refractivity contribution in [2.24, 2.45) is 5.41 Å². The van der Waals surface area contributed by atoms with E-state index in [2.05, 4.69) is 27.7 Å². The van der Waals surface area contributed by atoms with E-state index < -0.39 is 0 Å². The van der Waals surface area contributed by atoms with E-state index in [1.54, 1.807) is 0 Å². The summed E-state index contributed by atoms with van der Waals surface area (Å²) >= 11 is 0. The smallest absolute Gasteiger partial charge is 0 e. The van der Waals surface area contributed by atoms with Crippen molar-refractivity contribution < 1.29 is 32.7 Å². The molecule has 0 aliphatic rings. The molecule has 0 fully saturated rings. The van der Waals surface area contributed by atoms with Crippen LogP contribution < -0.4 is 0 Å². The van der Waals surface area contributed by atoms with Crippen molar-refractivity contribution in [1.29, 1.82) is 0 Å². The van der Waals surface area contributed by atoms with Gasteiger partial charge in [0.1, 0.15) is 0 Å². The van der Waals surface area contributed by atoms with Crippen LogP contribution in [0.15, 0.2) is 0 Å². The normalized spacial score (nSPS) is 8.57. The third-order valence-corrected chi connectivity index (χ3v) is 0. The molecule has 0 aromatic heterocycles. The molecule has 0 N–H and O–H groups in total. The molecule has 0 atom stereocenters. The molecule has 0 saturated heterocycles. The van der Waals surface area contributed by atoms with Gasteiger partial charge in [-0.3, -0.25) is 0 Å². The van der Waals surface area contributed by atoms with Crippen molar-refractivity contribution in [3.05, 3.63) is 7.43 Å². The van der Waals surface area contributed by atoms with Crippen molar-refractivity contribution in [1.82, 2.24) is 0 Å². The van der Waals surface area contributed by atoms with Crippen LogP contribution in [0, 0.1) is 12.8 Å². The van der Waals surface area contributed by atoms with Crippen LogP contribution in [0.5, 0.6) is 0 Å². The molecule has 0 aliphatic carbocycles. The predicted molar refractivity (Wildman–Crippen MR) is 31.5 cm³/mol. The van der Waals surface area contributed by atoms with Crippen LogP contribution in [0.1, 0.15) is 27.7 Å². The maximum absolute atomic E-state index is 2.19. The minimum absolute atomic E-state index is 0. The van der Waals surface area contributed by atoms with Crippen LogP contribution in [0.25, 0.3) is 0 Å². The van der Waals surface area contributed by atoms with Crippen molar-refractivity contribution >= 4 is 0 Å². The molecule has 0 amide bonds. The molecule has 0 aliphatic heterocycles. The number of rotatable bonds is 0. The Balaban J connectivity index is -0.0000000800. The Morgan fingerprint density at radius 1 is 0.857 bits per heavy atom. The Morgan fingerprint density at radius 2 is 0.857 bits per heavy atom. The summed E-state index contributed by atoms with van der Waals surface area (Å²) in [7, 11) is 0. The third-order valence-electron chi connectivity index (χ3n) is 0. The molecule has 0 bridgehead atoms. The van der Waals surface area contributed by atoms with Gasteiger partial charge in [0, 0.05) is 32.7 Å². The van der Waals surface area contributed by atoms with E-state index in [-0.39, 0.29) is 40.1 Å². The Bertz CT molecular complexity index is 19.7. The summed E-state index contributed by atoms with van der Waals surface area (Å²) in [5.41, 5.74) is 0.500. The van der Waals surface area contributed by atoms with Gasteiger partial charge in [-0.25, -0.2) is 0 Å². The molecule has 0 unspecified atom stereocenters. The van der Waals surface area contributed by atoms with Gasteiger partial charge in [-0.2, -0.15) is 0 Å². The second kappa shape index (κ2) is 5.24. The average molecular weight is 176 g/mol. The summed E-state index contributed by atoms with van der Waals surface area (Å²) in [5.74, 6) is 0. The van der Waals surface area contributed by atoms with E-state index in [0.717, 1.165) is 0 Å². The van der Waals surface area contributed by atoms with E-state index in [1.807, 2.05) is 0 Å². The summed E-state index contributed by atoms with van der Waals surface area (Å²) in [6, 6.07) is 0. The standard InChI is InChI=1S/C5H12.CH3.Y/c1-5(2,3)4;;/h1-4H3;1H3;/q;-1;. The minimum atomic E-state index is 0. The molecule has 0 heterocycles. The molecular formula is C6H15Y-. The van der Waals surface area contributed by atoms with E-state index >= 15 is 0 Å². The summed E-state index contributed by atoms with van der Waals surface area (Å²) in [5, 5.41) is 0. The van der Waals surface area contributed by atoms with Gasteiger partial charge in [0.05, 0.1) is 0 Å². The fourth-order valence-corrected chi connectivity index (χ4v) is 0. The third kappa shape index (κ3) is 152. The first-order valence-electron chi connectivity index (χ1n) is 2.00. The van der Waals surface area contributed by atoms with Crippen LogP contribution in [-0.2, 0) is 32.7 Å². The molecule has 0 saturated carbocycles. The van der Waals surface area contributed by atoms with E-state index in [9.17, 15) is 0 Å². The van der Waals surface area contributed by atoms with Crippen LogP contribution in [0.4, 0.5) is 0 Å². The van der Waals surface area contributed by atoms with E-state index in [0.29, 0.717) is 5.41 Å². The fourth-order valence-electron chi connectivity index (χ4n) is 0. The topological polar surface area (TPSA) is 0 Å². The molecule has 0 aromatic rings. The van der Waals surface area contributed by atoms with E-state index in [1.165, 1.54) is 0 Å². The molecule has 7 heavy (non-hydrogen) atoms. The monoisotopic (exact) mass is 176 g/mol. The maximum atomic E-state index is 2.19. The van der Waals surface area contributed by atoms with Gasteiger partial charge < -0.3 is 7.43 Å². The Hall–Kier alpha value is 1.10. The Morgan fingerprint density at radius 3 is 0.857 bits per heavy atom. The summed E-state index contributed by atoms with van der Waals surface area (Å²) in [6.07, 6.45) is 0. The van der Waals surface area contributed by atoms with Gasteiger partial charge in [-0.1, -0.05) is 27.7 Å². The molecule has 0 spiro atoms. The first-order chi connectivity index (χ1) is 2.00. The predicted octanol–water partition coefficient (Wildman–Crippen LogP) is 2.50. The Labute approximate surface area is 73.0 Å². The molecular weight excluding hydrogens is 161 g/mol. The van der Waals surface area contributed by atoms with E-state index in [4.69, 9.17) is 0 Å². The van der Waals surface area contributed by atoms with Gasteiger partial charge in [-0.15, -0.1) is 0 Å². The minimum Gasteiger partial charge on any atom is -0.358 e. The SMILES string of the molecule is CC(C)(C)C.[CH3-].[Y]. The number of hydrogen-bond donors (Lipinski definition) is 0. The van der Waals surface area contributed by atoms with Gasteiger partial charge in [-0.05, 0) is 5.41 Å². The quantitative estimate of drug-likeness (QED) is 0.497. The number of hydrogen-bond acceptors (Lipinski definition) is 0. The zero-order valence-electron chi connectivity index (χ0n) is 6.08. The first-order valence-corrected chi connectivity index (χ1v) is 2.00. The summed E-state index contributed by atoms with van der Waals surface area (Å²) in [6.45, 7) is 8.75. The van der Waals surface area contributed by atoms with Crippen LogP contribution in [0.3, 0.4) is 0 Å². The molecule has 1 heteroatoms. The van der Waals surface area contributed by atoms with Crippen molar-refractivity contribution in [3.63, 3.8) is 0 Å². The average Bonchev–Trinajstić information content (AvgIpc) is 0.722. The largest absolute Gasteiger partial charge is 0.358 e. The van der Waals surface area contributed by atoms with Crippen LogP contribution >= 0.6 is 0 Å². The van der Waals surface area contributed by atoms with Crippen molar-refractivity contribution in [2.45, 2.75) is 27.7 Å². The second-order valence-electron chi connectivity index (χ2n) is 3.00. The molecule has 0 rings (SSSR count). The zero-order valence-corrected chi connectivity index (χ0v) is 8.92. The summed E-state index contributed by atoms with van der Waals surface area (Å²) in [4.78, 5) is 0. The molecule has 43 valence electrons. The second-order valence-corrected chi connectivity index (χ2v) is 3.00. The zero-order chi connectivity index (χ0) is 4.50. The Kier molecular flexibility index (Phi) is 11.8. The molecule has 1 radical (unpaired) electrons. The van der Waals surface area contributed by atoms with Gasteiger partial charge in [0.15, 0.2) is 0 Å². The van der Waals surface area contributed by atoms with Gasteiger partial charge in [0.25, 0.3) is 0 Å².